The fourth-order valence-electron chi connectivity index (χ4n) is 2.21. The second-order valence-electron chi connectivity index (χ2n) is 4.93. The van der Waals surface area contributed by atoms with Crippen molar-refractivity contribution in [2.45, 2.75) is 19.8 Å². The molecule has 1 unspecified atom stereocenters. The molecule has 2 rings (SSSR count). The summed E-state index contributed by atoms with van der Waals surface area (Å²) < 4.78 is 15.4. The molecule has 1 aliphatic rings. The molecule has 0 N–H and O–H groups in total. The second-order valence-corrected chi connectivity index (χ2v) is 4.93. The Balaban J connectivity index is 2.15. The van der Waals surface area contributed by atoms with E-state index < -0.39 is 5.92 Å². The van der Waals surface area contributed by atoms with Crippen molar-refractivity contribution in [1.29, 1.82) is 0 Å². The molecule has 1 atom stereocenters. The maximum atomic E-state index is 11.8. The molecule has 0 radical (unpaired) electrons. The molecule has 1 aromatic heterocycles. The highest BCUT2D eigenvalue weighted by Crippen LogP contribution is 2.28. The molecule has 0 bridgehead atoms. The minimum Gasteiger partial charge on any atom is -0.468 e. The number of anilines is 1. The zero-order chi connectivity index (χ0) is 13.8. The molecule has 6 nitrogen and oxygen atoms in total. The Bertz CT molecular complexity index is 424. The van der Waals surface area contributed by atoms with Crippen LogP contribution in [0.4, 0.5) is 5.82 Å². The molecule has 2 heterocycles. The monoisotopic (exact) mass is 268 g/mol. The second kappa shape index (κ2) is 6.06. The van der Waals surface area contributed by atoms with Gasteiger partial charge in [0, 0.05) is 19.2 Å². The Morgan fingerprint density at radius 2 is 2.11 bits per heavy atom. The lowest BCUT2D eigenvalue weighted by molar-refractivity contribution is -0.144. The average Bonchev–Trinajstić information content (AvgIpc) is 2.88. The number of carbonyl (C=O) groups excluding carboxylic acids is 1. The van der Waals surface area contributed by atoms with E-state index >= 15 is 0 Å². The highest BCUT2D eigenvalue weighted by Gasteiger charge is 2.30. The lowest BCUT2D eigenvalue weighted by atomic mass is 9.93. The molecule has 19 heavy (non-hydrogen) atoms. The third-order valence-electron chi connectivity index (χ3n) is 3.28. The third kappa shape index (κ3) is 3.07. The van der Waals surface area contributed by atoms with Crippen LogP contribution >= 0.6 is 0 Å². The van der Waals surface area contributed by atoms with Crippen LogP contribution < -0.4 is 4.90 Å². The quantitative estimate of drug-likeness (QED) is 0.770. The van der Waals surface area contributed by atoms with Crippen LogP contribution in [0.3, 0.4) is 0 Å². The van der Waals surface area contributed by atoms with Crippen LogP contribution in [0, 0.1) is 5.92 Å². The van der Waals surface area contributed by atoms with Crippen LogP contribution in [0.15, 0.2) is 10.6 Å². The molecule has 106 valence electrons. The van der Waals surface area contributed by atoms with Crippen molar-refractivity contribution in [2.75, 3.05) is 38.3 Å². The van der Waals surface area contributed by atoms with E-state index in [4.69, 9.17) is 14.0 Å². The smallest absolute Gasteiger partial charge is 0.316 e. The van der Waals surface area contributed by atoms with Crippen molar-refractivity contribution < 1.29 is 18.8 Å². The number of methoxy groups -OCH3 is 1. The van der Waals surface area contributed by atoms with Gasteiger partial charge < -0.3 is 18.9 Å². The van der Waals surface area contributed by atoms with Crippen LogP contribution in [0.1, 0.15) is 25.5 Å². The van der Waals surface area contributed by atoms with Gasteiger partial charge in [-0.25, -0.2) is 0 Å². The fraction of sp³-hybridized carbons (Fsp3) is 0.692. The standard InChI is InChI=1S/C13H20N2O4/c1-9(2)12(13(16)17-3)10-8-11(14-19-10)15-4-6-18-7-5-15/h8-9,12H,4-7H2,1-3H3. The van der Waals surface area contributed by atoms with Crippen LogP contribution in [-0.2, 0) is 14.3 Å². The number of hydrogen-bond acceptors (Lipinski definition) is 6. The number of nitrogens with zero attached hydrogens (tertiary/aromatic N) is 2. The topological polar surface area (TPSA) is 64.8 Å². The molecule has 0 amide bonds. The zero-order valence-corrected chi connectivity index (χ0v) is 11.6. The van der Waals surface area contributed by atoms with Gasteiger partial charge in [0.25, 0.3) is 0 Å². The zero-order valence-electron chi connectivity index (χ0n) is 11.6. The van der Waals surface area contributed by atoms with E-state index in [0.29, 0.717) is 19.0 Å². The predicted octanol–water partition coefficient (Wildman–Crippen LogP) is 1.42. The van der Waals surface area contributed by atoms with E-state index in [9.17, 15) is 4.79 Å². The Morgan fingerprint density at radius 3 is 2.68 bits per heavy atom. The van der Waals surface area contributed by atoms with E-state index in [1.807, 2.05) is 19.9 Å². The van der Waals surface area contributed by atoms with E-state index in [-0.39, 0.29) is 11.9 Å². The summed E-state index contributed by atoms with van der Waals surface area (Å²) in [5, 5.41) is 4.05. The highest BCUT2D eigenvalue weighted by molar-refractivity contribution is 5.77. The number of morpholine rings is 1. The van der Waals surface area contributed by atoms with Crippen molar-refractivity contribution in [1.82, 2.24) is 5.16 Å². The first-order chi connectivity index (χ1) is 9.13. The Labute approximate surface area is 112 Å². The van der Waals surface area contributed by atoms with Crippen molar-refractivity contribution in [3.8, 4) is 0 Å². The van der Waals surface area contributed by atoms with Gasteiger partial charge in [-0.1, -0.05) is 19.0 Å². The number of hydrogen-bond donors (Lipinski definition) is 0. The van der Waals surface area contributed by atoms with Gasteiger partial charge in [-0.2, -0.15) is 0 Å². The van der Waals surface area contributed by atoms with Crippen LogP contribution in [0.2, 0.25) is 0 Å². The summed E-state index contributed by atoms with van der Waals surface area (Å²) in [5.74, 6) is 0.709. The van der Waals surface area contributed by atoms with E-state index in [0.717, 1.165) is 18.9 Å². The lowest BCUT2D eigenvalue weighted by Gasteiger charge is -2.25. The molecule has 0 aliphatic carbocycles. The van der Waals surface area contributed by atoms with Gasteiger partial charge in [-0.3, -0.25) is 4.79 Å². The number of carbonyl (C=O) groups is 1. The Hall–Kier alpha value is -1.56. The Kier molecular flexibility index (Phi) is 4.42. The van der Waals surface area contributed by atoms with Crippen molar-refractivity contribution in [2.24, 2.45) is 5.92 Å². The fourth-order valence-corrected chi connectivity index (χ4v) is 2.21. The molecular formula is C13H20N2O4. The third-order valence-corrected chi connectivity index (χ3v) is 3.28. The number of ether oxygens (including phenoxy) is 2. The van der Waals surface area contributed by atoms with Crippen molar-refractivity contribution >= 4 is 11.8 Å². The molecule has 0 spiro atoms. The van der Waals surface area contributed by atoms with Gasteiger partial charge in [0.05, 0.1) is 20.3 Å². The predicted molar refractivity (Wildman–Crippen MR) is 69.1 cm³/mol. The van der Waals surface area contributed by atoms with Gasteiger partial charge in [-0.15, -0.1) is 0 Å². The molecule has 1 aliphatic heterocycles. The summed E-state index contributed by atoms with van der Waals surface area (Å²) in [4.78, 5) is 13.9. The number of rotatable bonds is 4. The summed E-state index contributed by atoms with van der Waals surface area (Å²) in [6.45, 7) is 6.86. The summed E-state index contributed by atoms with van der Waals surface area (Å²) in [5.41, 5.74) is 0. The van der Waals surface area contributed by atoms with E-state index in [1.54, 1.807) is 0 Å². The van der Waals surface area contributed by atoms with Crippen LogP contribution in [0.5, 0.6) is 0 Å². The summed E-state index contributed by atoms with van der Waals surface area (Å²) in [6, 6.07) is 1.83. The van der Waals surface area contributed by atoms with Gasteiger partial charge in [-0.05, 0) is 5.92 Å². The molecular weight excluding hydrogens is 248 g/mol. The van der Waals surface area contributed by atoms with Crippen molar-refractivity contribution in [3.63, 3.8) is 0 Å². The van der Waals surface area contributed by atoms with Gasteiger partial charge in [0.2, 0.25) is 0 Å². The van der Waals surface area contributed by atoms with Crippen LogP contribution in [0.25, 0.3) is 0 Å². The highest BCUT2D eigenvalue weighted by atomic mass is 16.5. The SMILES string of the molecule is COC(=O)C(c1cc(N2CCOCC2)no1)C(C)C. The minimum atomic E-state index is -0.410. The molecule has 0 saturated carbocycles. The first kappa shape index (κ1) is 13.9. The average molecular weight is 268 g/mol. The van der Waals surface area contributed by atoms with Gasteiger partial charge in [0.15, 0.2) is 11.6 Å². The van der Waals surface area contributed by atoms with Gasteiger partial charge in [0.1, 0.15) is 5.92 Å². The minimum absolute atomic E-state index is 0.0953. The number of esters is 1. The van der Waals surface area contributed by atoms with Crippen molar-refractivity contribution in [3.05, 3.63) is 11.8 Å². The molecule has 6 heteroatoms. The molecule has 1 saturated heterocycles. The Morgan fingerprint density at radius 1 is 1.42 bits per heavy atom. The van der Waals surface area contributed by atoms with E-state index in [1.165, 1.54) is 7.11 Å². The summed E-state index contributed by atoms with van der Waals surface area (Å²) >= 11 is 0. The summed E-state index contributed by atoms with van der Waals surface area (Å²) in [7, 11) is 1.39. The molecule has 0 aromatic carbocycles. The normalized spacial score (nSPS) is 17.6. The largest absolute Gasteiger partial charge is 0.468 e. The van der Waals surface area contributed by atoms with Gasteiger partial charge >= 0.3 is 5.97 Å². The first-order valence-corrected chi connectivity index (χ1v) is 6.50. The lowest BCUT2D eigenvalue weighted by Crippen LogP contribution is -2.36. The van der Waals surface area contributed by atoms with E-state index in [2.05, 4.69) is 10.1 Å². The first-order valence-electron chi connectivity index (χ1n) is 6.50. The molecule has 1 aromatic rings. The number of aromatic nitrogens is 1. The summed E-state index contributed by atoms with van der Waals surface area (Å²) in [6.07, 6.45) is 0. The maximum Gasteiger partial charge on any atom is 0.316 e. The molecule has 1 fully saturated rings. The van der Waals surface area contributed by atoms with Crippen LogP contribution in [-0.4, -0.2) is 44.5 Å². The maximum absolute atomic E-state index is 11.8.